The average Bonchev–Trinajstić information content (AvgIpc) is 2.84. The van der Waals surface area contributed by atoms with E-state index in [1.807, 2.05) is 18.2 Å². The first-order chi connectivity index (χ1) is 8.75. The monoisotopic (exact) mass is 375 g/mol. The molecule has 0 saturated heterocycles. The standard InChI is InChI=1S/C14H19Br2NO/c15-12-5-6-14(13(16)9-12)18-8-7-17-10-11-3-1-2-4-11/h5-6,9,11,17H,1-4,7-8,10H2. The Morgan fingerprint density at radius 1 is 1.22 bits per heavy atom. The molecule has 1 aliphatic carbocycles. The molecule has 4 heteroatoms. The molecule has 0 atom stereocenters. The van der Waals surface area contributed by atoms with Crippen LogP contribution in [0.1, 0.15) is 25.7 Å². The lowest BCUT2D eigenvalue weighted by Crippen LogP contribution is -2.26. The predicted molar refractivity (Wildman–Crippen MR) is 82.2 cm³/mol. The van der Waals surface area contributed by atoms with Crippen molar-refractivity contribution in [1.29, 1.82) is 0 Å². The van der Waals surface area contributed by atoms with E-state index < -0.39 is 0 Å². The van der Waals surface area contributed by atoms with Crippen molar-refractivity contribution in [1.82, 2.24) is 5.32 Å². The van der Waals surface area contributed by atoms with E-state index >= 15 is 0 Å². The second kappa shape index (κ2) is 7.51. The van der Waals surface area contributed by atoms with Gasteiger partial charge in [0.2, 0.25) is 0 Å². The molecule has 1 saturated carbocycles. The van der Waals surface area contributed by atoms with Crippen LogP contribution in [0.5, 0.6) is 5.75 Å². The number of benzene rings is 1. The molecule has 0 bridgehead atoms. The van der Waals surface area contributed by atoms with Crippen molar-refractivity contribution in [2.24, 2.45) is 5.92 Å². The highest BCUT2D eigenvalue weighted by Gasteiger charge is 2.13. The van der Waals surface area contributed by atoms with Crippen LogP contribution in [0.4, 0.5) is 0 Å². The Labute approximate surface area is 126 Å². The largest absolute Gasteiger partial charge is 0.491 e. The van der Waals surface area contributed by atoms with Crippen LogP contribution in [-0.2, 0) is 0 Å². The van der Waals surface area contributed by atoms with Crippen molar-refractivity contribution in [2.45, 2.75) is 25.7 Å². The van der Waals surface area contributed by atoms with Gasteiger partial charge in [-0.15, -0.1) is 0 Å². The van der Waals surface area contributed by atoms with E-state index in [-0.39, 0.29) is 0 Å². The summed E-state index contributed by atoms with van der Waals surface area (Å²) in [6, 6.07) is 5.97. The number of halogens is 2. The molecule has 100 valence electrons. The normalized spacial score (nSPS) is 16.1. The molecule has 2 nitrogen and oxygen atoms in total. The first kappa shape index (κ1) is 14.4. The summed E-state index contributed by atoms with van der Waals surface area (Å²) in [5.74, 6) is 1.80. The number of nitrogens with one attached hydrogen (secondary N) is 1. The zero-order chi connectivity index (χ0) is 12.8. The molecule has 1 aliphatic rings. The summed E-state index contributed by atoms with van der Waals surface area (Å²) >= 11 is 6.92. The Kier molecular flexibility index (Phi) is 5.99. The van der Waals surface area contributed by atoms with E-state index in [0.29, 0.717) is 6.61 Å². The van der Waals surface area contributed by atoms with E-state index in [2.05, 4.69) is 37.2 Å². The molecule has 1 fully saturated rings. The molecule has 0 heterocycles. The smallest absolute Gasteiger partial charge is 0.133 e. The van der Waals surface area contributed by atoms with Crippen molar-refractivity contribution < 1.29 is 4.74 Å². The molecule has 1 N–H and O–H groups in total. The van der Waals surface area contributed by atoms with Gasteiger partial charge in [-0.05, 0) is 59.4 Å². The average molecular weight is 377 g/mol. The van der Waals surface area contributed by atoms with Gasteiger partial charge < -0.3 is 10.1 Å². The quantitative estimate of drug-likeness (QED) is 0.744. The van der Waals surface area contributed by atoms with Crippen molar-refractivity contribution in [3.8, 4) is 5.75 Å². The van der Waals surface area contributed by atoms with Gasteiger partial charge in [0.05, 0.1) is 4.47 Å². The summed E-state index contributed by atoms with van der Waals surface area (Å²) in [6.45, 7) is 2.77. The molecule has 1 aromatic carbocycles. The molecular formula is C14H19Br2NO. The highest BCUT2D eigenvalue weighted by atomic mass is 79.9. The maximum Gasteiger partial charge on any atom is 0.133 e. The lowest BCUT2D eigenvalue weighted by Gasteiger charge is -2.12. The molecular weight excluding hydrogens is 358 g/mol. The van der Waals surface area contributed by atoms with Crippen molar-refractivity contribution in [3.05, 3.63) is 27.1 Å². The summed E-state index contributed by atoms with van der Waals surface area (Å²) in [6.07, 6.45) is 5.61. The van der Waals surface area contributed by atoms with Gasteiger partial charge in [0, 0.05) is 11.0 Å². The Bertz CT molecular complexity index is 378. The van der Waals surface area contributed by atoms with Crippen LogP contribution in [0, 0.1) is 5.92 Å². The number of rotatable bonds is 6. The fourth-order valence-corrected chi connectivity index (χ4v) is 3.51. The highest BCUT2D eigenvalue weighted by Crippen LogP contribution is 2.28. The first-order valence-corrected chi connectivity index (χ1v) is 8.13. The van der Waals surface area contributed by atoms with Crippen molar-refractivity contribution in [3.63, 3.8) is 0 Å². The zero-order valence-corrected chi connectivity index (χ0v) is 13.6. The van der Waals surface area contributed by atoms with Gasteiger partial charge in [-0.25, -0.2) is 0 Å². The third-order valence-electron chi connectivity index (χ3n) is 3.34. The van der Waals surface area contributed by atoms with Gasteiger partial charge in [-0.3, -0.25) is 0 Å². The van der Waals surface area contributed by atoms with Crippen molar-refractivity contribution in [2.75, 3.05) is 19.7 Å². The minimum Gasteiger partial charge on any atom is -0.491 e. The summed E-state index contributed by atoms with van der Waals surface area (Å²) < 4.78 is 7.78. The van der Waals surface area contributed by atoms with Gasteiger partial charge in [0.1, 0.15) is 12.4 Å². The summed E-state index contributed by atoms with van der Waals surface area (Å²) in [7, 11) is 0. The molecule has 0 aromatic heterocycles. The van der Waals surface area contributed by atoms with Gasteiger partial charge >= 0.3 is 0 Å². The first-order valence-electron chi connectivity index (χ1n) is 6.54. The van der Waals surface area contributed by atoms with E-state index in [9.17, 15) is 0 Å². The van der Waals surface area contributed by atoms with Crippen LogP contribution in [0.15, 0.2) is 27.1 Å². The number of ether oxygens (including phenoxy) is 1. The summed E-state index contributed by atoms with van der Waals surface area (Å²) in [5, 5.41) is 3.48. The summed E-state index contributed by atoms with van der Waals surface area (Å²) in [4.78, 5) is 0. The second-order valence-electron chi connectivity index (χ2n) is 4.78. The summed E-state index contributed by atoms with van der Waals surface area (Å²) in [5.41, 5.74) is 0. The Morgan fingerprint density at radius 3 is 2.72 bits per heavy atom. The zero-order valence-electron chi connectivity index (χ0n) is 10.4. The van der Waals surface area contributed by atoms with Crippen LogP contribution in [0.3, 0.4) is 0 Å². The molecule has 1 aromatic rings. The molecule has 0 amide bonds. The maximum absolute atomic E-state index is 5.73. The minimum atomic E-state index is 0.715. The molecule has 0 spiro atoms. The highest BCUT2D eigenvalue weighted by molar-refractivity contribution is 9.11. The molecule has 2 rings (SSSR count). The Morgan fingerprint density at radius 2 is 2.00 bits per heavy atom. The Hall–Kier alpha value is -0.0600. The lowest BCUT2D eigenvalue weighted by atomic mass is 10.1. The third-order valence-corrected chi connectivity index (χ3v) is 4.45. The van der Waals surface area contributed by atoms with E-state index in [0.717, 1.165) is 33.7 Å². The molecule has 0 radical (unpaired) electrons. The van der Waals surface area contributed by atoms with E-state index in [4.69, 9.17) is 4.74 Å². The van der Waals surface area contributed by atoms with Crippen LogP contribution >= 0.6 is 31.9 Å². The van der Waals surface area contributed by atoms with Gasteiger partial charge in [-0.2, -0.15) is 0 Å². The maximum atomic E-state index is 5.73. The predicted octanol–water partition coefficient (Wildman–Crippen LogP) is 4.37. The second-order valence-corrected chi connectivity index (χ2v) is 6.55. The van der Waals surface area contributed by atoms with Crippen LogP contribution < -0.4 is 10.1 Å². The van der Waals surface area contributed by atoms with Crippen LogP contribution in [0.25, 0.3) is 0 Å². The van der Waals surface area contributed by atoms with Crippen LogP contribution in [-0.4, -0.2) is 19.7 Å². The number of hydrogen-bond donors (Lipinski definition) is 1. The van der Waals surface area contributed by atoms with E-state index in [1.54, 1.807) is 0 Å². The van der Waals surface area contributed by atoms with Crippen LogP contribution in [0.2, 0.25) is 0 Å². The number of hydrogen-bond acceptors (Lipinski definition) is 2. The SMILES string of the molecule is Brc1ccc(OCCNCC2CCCC2)c(Br)c1. The topological polar surface area (TPSA) is 21.3 Å². The van der Waals surface area contributed by atoms with E-state index in [1.165, 1.54) is 25.7 Å². The fourth-order valence-electron chi connectivity index (χ4n) is 2.35. The van der Waals surface area contributed by atoms with Gasteiger partial charge in [-0.1, -0.05) is 28.8 Å². The third kappa shape index (κ3) is 4.56. The fraction of sp³-hybridized carbons (Fsp3) is 0.571. The van der Waals surface area contributed by atoms with Gasteiger partial charge in [0.15, 0.2) is 0 Å². The van der Waals surface area contributed by atoms with Crippen molar-refractivity contribution >= 4 is 31.9 Å². The minimum absolute atomic E-state index is 0.715. The Balaban J connectivity index is 1.62. The molecule has 18 heavy (non-hydrogen) atoms. The van der Waals surface area contributed by atoms with Gasteiger partial charge in [0.25, 0.3) is 0 Å². The lowest BCUT2D eigenvalue weighted by molar-refractivity contribution is 0.307. The molecule has 0 unspecified atom stereocenters. The molecule has 0 aliphatic heterocycles.